The quantitative estimate of drug-likeness (QED) is 0.765. The van der Waals surface area contributed by atoms with Gasteiger partial charge in [-0.15, -0.1) is 0 Å². The van der Waals surface area contributed by atoms with E-state index < -0.39 is 0 Å². The van der Waals surface area contributed by atoms with Gasteiger partial charge in [0.1, 0.15) is 0 Å². The van der Waals surface area contributed by atoms with Crippen molar-refractivity contribution in [2.75, 3.05) is 40.3 Å². The van der Waals surface area contributed by atoms with E-state index >= 15 is 0 Å². The fraction of sp³-hybridized carbons (Fsp3) is 0.867. The maximum atomic E-state index is 12.7. The smallest absolute Gasteiger partial charge is 0.228 e. The first-order chi connectivity index (χ1) is 9.52. The number of rotatable bonds is 4. The molecule has 2 saturated heterocycles. The van der Waals surface area contributed by atoms with Crippen LogP contribution in [0, 0.1) is 5.92 Å². The van der Waals surface area contributed by atoms with Crippen molar-refractivity contribution < 1.29 is 9.59 Å². The van der Waals surface area contributed by atoms with Gasteiger partial charge in [0, 0.05) is 38.6 Å². The summed E-state index contributed by atoms with van der Waals surface area (Å²) in [5.41, 5.74) is 0. The third-order valence-corrected chi connectivity index (χ3v) is 4.43. The van der Waals surface area contributed by atoms with E-state index in [4.69, 9.17) is 0 Å². The zero-order chi connectivity index (χ0) is 14.7. The van der Waals surface area contributed by atoms with E-state index in [2.05, 4.69) is 19.0 Å². The minimum atomic E-state index is -0.120. The number of likely N-dealkylation sites (N-methyl/N-ethyl adjacent to an activating group) is 1. The van der Waals surface area contributed by atoms with Crippen molar-refractivity contribution in [3.8, 4) is 0 Å². The zero-order valence-corrected chi connectivity index (χ0v) is 13.0. The average molecular weight is 281 g/mol. The lowest BCUT2D eigenvalue weighted by Crippen LogP contribution is -2.50. The Labute approximate surface area is 121 Å². The van der Waals surface area contributed by atoms with Gasteiger partial charge in [0.2, 0.25) is 11.8 Å². The molecule has 0 saturated carbocycles. The Morgan fingerprint density at radius 3 is 2.70 bits per heavy atom. The molecule has 0 spiro atoms. The van der Waals surface area contributed by atoms with Gasteiger partial charge in [-0.05, 0) is 40.3 Å². The molecule has 20 heavy (non-hydrogen) atoms. The molecule has 0 radical (unpaired) electrons. The highest BCUT2D eigenvalue weighted by Gasteiger charge is 2.38. The molecule has 0 aromatic heterocycles. The van der Waals surface area contributed by atoms with E-state index in [0.29, 0.717) is 25.6 Å². The molecule has 2 amide bonds. The predicted octanol–water partition coefficient (Wildman–Crippen LogP) is 0.797. The number of carbonyl (C=O) groups excluding carboxylic acids is 2. The predicted molar refractivity (Wildman–Crippen MR) is 78.3 cm³/mol. The first-order valence-corrected chi connectivity index (χ1v) is 7.76. The van der Waals surface area contributed by atoms with E-state index in [0.717, 1.165) is 25.9 Å². The summed E-state index contributed by atoms with van der Waals surface area (Å²) in [7, 11) is 4.10. The highest BCUT2D eigenvalue weighted by molar-refractivity contribution is 5.89. The van der Waals surface area contributed by atoms with Gasteiger partial charge < -0.3 is 14.7 Å². The second kappa shape index (κ2) is 6.57. The van der Waals surface area contributed by atoms with E-state index in [1.807, 2.05) is 11.8 Å². The molecule has 2 heterocycles. The number of hydrogen-bond donors (Lipinski definition) is 0. The number of hydrogen-bond acceptors (Lipinski definition) is 3. The summed E-state index contributed by atoms with van der Waals surface area (Å²) in [5, 5.41) is 0. The molecule has 0 aliphatic carbocycles. The van der Waals surface area contributed by atoms with Gasteiger partial charge in [0.05, 0.1) is 5.92 Å². The van der Waals surface area contributed by atoms with Crippen molar-refractivity contribution in [2.24, 2.45) is 5.92 Å². The summed E-state index contributed by atoms with van der Waals surface area (Å²) in [4.78, 5) is 30.5. The first-order valence-electron chi connectivity index (χ1n) is 7.76. The number of carbonyl (C=O) groups is 2. The summed E-state index contributed by atoms with van der Waals surface area (Å²) < 4.78 is 0. The molecule has 2 rings (SSSR count). The van der Waals surface area contributed by atoms with Gasteiger partial charge in [-0.1, -0.05) is 0 Å². The Morgan fingerprint density at radius 1 is 1.35 bits per heavy atom. The van der Waals surface area contributed by atoms with Crippen molar-refractivity contribution in [2.45, 2.75) is 38.6 Å². The van der Waals surface area contributed by atoms with Crippen LogP contribution in [-0.4, -0.2) is 72.8 Å². The lowest BCUT2D eigenvalue weighted by molar-refractivity contribution is -0.139. The molecule has 2 fully saturated rings. The first kappa shape index (κ1) is 15.3. The third kappa shape index (κ3) is 3.32. The maximum absolute atomic E-state index is 12.7. The van der Waals surface area contributed by atoms with Gasteiger partial charge >= 0.3 is 0 Å². The van der Waals surface area contributed by atoms with Crippen LogP contribution in [-0.2, 0) is 9.59 Å². The second-order valence-electron chi connectivity index (χ2n) is 6.28. The van der Waals surface area contributed by atoms with Crippen molar-refractivity contribution in [1.29, 1.82) is 0 Å². The standard InChI is InChI=1S/C15H27N3O2/c1-4-17-10-12(9-14(17)19)15(20)18-8-6-5-7-13(18)11-16(2)3/h12-13H,4-11H2,1-3H3. The highest BCUT2D eigenvalue weighted by Crippen LogP contribution is 2.25. The molecule has 2 aliphatic rings. The highest BCUT2D eigenvalue weighted by atomic mass is 16.2. The van der Waals surface area contributed by atoms with Gasteiger partial charge in [0.25, 0.3) is 0 Å². The monoisotopic (exact) mass is 281 g/mol. The molecule has 114 valence electrons. The largest absolute Gasteiger partial charge is 0.342 e. The molecule has 0 aromatic carbocycles. The van der Waals surface area contributed by atoms with Crippen LogP contribution in [0.3, 0.4) is 0 Å². The molecular weight excluding hydrogens is 254 g/mol. The van der Waals surface area contributed by atoms with Gasteiger partial charge in [-0.25, -0.2) is 0 Å². The van der Waals surface area contributed by atoms with Crippen molar-refractivity contribution in [1.82, 2.24) is 14.7 Å². The topological polar surface area (TPSA) is 43.9 Å². The lowest BCUT2D eigenvalue weighted by atomic mass is 9.98. The van der Waals surface area contributed by atoms with E-state index in [9.17, 15) is 9.59 Å². The Balaban J connectivity index is 2.01. The number of nitrogens with zero attached hydrogens (tertiary/aromatic N) is 3. The van der Waals surface area contributed by atoms with Crippen molar-refractivity contribution in [3.05, 3.63) is 0 Å². The molecule has 5 nitrogen and oxygen atoms in total. The van der Waals surface area contributed by atoms with Gasteiger partial charge in [-0.3, -0.25) is 9.59 Å². The molecule has 0 N–H and O–H groups in total. The Kier molecular flexibility index (Phi) is 5.02. The zero-order valence-electron chi connectivity index (χ0n) is 13.0. The second-order valence-corrected chi connectivity index (χ2v) is 6.28. The molecule has 2 unspecified atom stereocenters. The van der Waals surface area contributed by atoms with Crippen molar-refractivity contribution in [3.63, 3.8) is 0 Å². The van der Waals surface area contributed by atoms with Crippen LogP contribution in [0.5, 0.6) is 0 Å². The summed E-state index contributed by atoms with van der Waals surface area (Å²) >= 11 is 0. The molecule has 0 aromatic rings. The SMILES string of the molecule is CCN1CC(C(=O)N2CCCCC2CN(C)C)CC1=O. The van der Waals surface area contributed by atoms with Crippen LogP contribution in [0.15, 0.2) is 0 Å². The van der Waals surface area contributed by atoms with E-state index in [-0.39, 0.29) is 17.7 Å². The van der Waals surface area contributed by atoms with E-state index in [1.165, 1.54) is 6.42 Å². The minimum Gasteiger partial charge on any atom is -0.342 e. The van der Waals surface area contributed by atoms with E-state index in [1.54, 1.807) is 4.90 Å². The van der Waals surface area contributed by atoms with Crippen LogP contribution in [0.2, 0.25) is 0 Å². The lowest BCUT2D eigenvalue weighted by Gasteiger charge is -2.38. The normalized spacial score (nSPS) is 27.5. The molecule has 5 heteroatoms. The minimum absolute atomic E-state index is 0.120. The van der Waals surface area contributed by atoms with Gasteiger partial charge in [0.15, 0.2) is 0 Å². The van der Waals surface area contributed by atoms with Crippen molar-refractivity contribution >= 4 is 11.8 Å². The Morgan fingerprint density at radius 2 is 2.10 bits per heavy atom. The fourth-order valence-corrected chi connectivity index (χ4v) is 3.38. The summed E-state index contributed by atoms with van der Waals surface area (Å²) in [6, 6.07) is 0.317. The number of amides is 2. The van der Waals surface area contributed by atoms with Crippen LogP contribution in [0.4, 0.5) is 0 Å². The van der Waals surface area contributed by atoms with Gasteiger partial charge in [-0.2, -0.15) is 0 Å². The van der Waals surface area contributed by atoms with Crippen LogP contribution in [0.25, 0.3) is 0 Å². The number of likely N-dealkylation sites (tertiary alicyclic amines) is 2. The van der Waals surface area contributed by atoms with Crippen LogP contribution < -0.4 is 0 Å². The molecule has 2 aliphatic heterocycles. The molecular formula is C15H27N3O2. The van der Waals surface area contributed by atoms with Crippen LogP contribution >= 0.6 is 0 Å². The molecule has 2 atom stereocenters. The fourth-order valence-electron chi connectivity index (χ4n) is 3.38. The summed E-state index contributed by atoms with van der Waals surface area (Å²) in [5.74, 6) is 0.207. The average Bonchev–Trinajstić information content (AvgIpc) is 2.79. The molecule has 0 bridgehead atoms. The Bertz CT molecular complexity index is 370. The summed E-state index contributed by atoms with van der Waals surface area (Å²) in [6.45, 7) is 5.07. The summed E-state index contributed by atoms with van der Waals surface area (Å²) in [6.07, 6.45) is 3.78. The Hall–Kier alpha value is -1.10. The maximum Gasteiger partial charge on any atom is 0.228 e. The van der Waals surface area contributed by atoms with Crippen LogP contribution in [0.1, 0.15) is 32.6 Å². The number of piperidine rings is 1. The third-order valence-electron chi connectivity index (χ3n) is 4.43.